The van der Waals surface area contributed by atoms with E-state index in [4.69, 9.17) is 10.5 Å². The summed E-state index contributed by atoms with van der Waals surface area (Å²) in [5, 5.41) is 0. The molecule has 3 nitrogen and oxygen atoms in total. The quantitative estimate of drug-likeness (QED) is 0.826. The Labute approximate surface area is 102 Å². The van der Waals surface area contributed by atoms with Gasteiger partial charge in [0.1, 0.15) is 0 Å². The van der Waals surface area contributed by atoms with E-state index in [0.717, 1.165) is 12.2 Å². The number of nitrogens with zero attached hydrogens (tertiary/aromatic N) is 1. The third-order valence-electron chi connectivity index (χ3n) is 2.42. The number of rotatable bonds is 3. The van der Waals surface area contributed by atoms with Crippen LogP contribution in [-0.2, 0) is 0 Å². The van der Waals surface area contributed by atoms with Crippen molar-refractivity contribution in [2.24, 2.45) is 5.41 Å². The summed E-state index contributed by atoms with van der Waals surface area (Å²) in [5.74, 6) is -0.215. The van der Waals surface area contributed by atoms with Gasteiger partial charge in [0.25, 0.3) is 0 Å². The summed E-state index contributed by atoms with van der Waals surface area (Å²) >= 11 is 0. The number of hydrogen-bond donors (Lipinski definition) is 1. The maximum absolute atomic E-state index is 13.4. The first-order valence-electron chi connectivity index (χ1n) is 5.59. The minimum atomic E-state index is -0.432. The first-order chi connectivity index (χ1) is 7.74. The first kappa shape index (κ1) is 13.6. The minimum Gasteiger partial charge on any atom is -0.494 e. The molecule has 0 aromatic heterocycles. The van der Waals surface area contributed by atoms with E-state index in [1.165, 1.54) is 13.2 Å². The van der Waals surface area contributed by atoms with E-state index in [2.05, 4.69) is 20.8 Å². The highest BCUT2D eigenvalue weighted by Crippen LogP contribution is 2.31. The van der Waals surface area contributed by atoms with Crippen LogP contribution >= 0.6 is 0 Å². The van der Waals surface area contributed by atoms with E-state index >= 15 is 0 Å². The summed E-state index contributed by atoms with van der Waals surface area (Å²) in [5.41, 5.74) is 7.19. The van der Waals surface area contributed by atoms with Gasteiger partial charge in [0, 0.05) is 25.7 Å². The van der Waals surface area contributed by atoms with Gasteiger partial charge >= 0.3 is 0 Å². The van der Waals surface area contributed by atoms with E-state index < -0.39 is 5.82 Å². The van der Waals surface area contributed by atoms with Crippen LogP contribution in [0, 0.1) is 11.2 Å². The second-order valence-corrected chi connectivity index (χ2v) is 5.46. The zero-order chi connectivity index (χ0) is 13.2. The largest absolute Gasteiger partial charge is 0.494 e. The summed E-state index contributed by atoms with van der Waals surface area (Å²) in [6.45, 7) is 7.24. The van der Waals surface area contributed by atoms with E-state index in [1.807, 2.05) is 11.9 Å². The zero-order valence-electron chi connectivity index (χ0n) is 11.2. The first-order valence-corrected chi connectivity index (χ1v) is 5.59. The Kier molecular flexibility index (Phi) is 3.86. The third kappa shape index (κ3) is 3.51. The van der Waals surface area contributed by atoms with Gasteiger partial charge in [-0.1, -0.05) is 20.8 Å². The normalized spacial score (nSPS) is 11.4. The van der Waals surface area contributed by atoms with Crippen molar-refractivity contribution in [3.05, 3.63) is 17.9 Å². The van der Waals surface area contributed by atoms with Crippen LogP contribution in [0.4, 0.5) is 15.8 Å². The topological polar surface area (TPSA) is 38.5 Å². The monoisotopic (exact) mass is 240 g/mol. The average Bonchev–Trinajstić information content (AvgIpc) is 2.14. The number of halogens is 1. The number of nitrogen functional groups attached to an aromatic ring is 1. The molecular weight excluding hydrogens is 219 g/mol. The number of benzene rings is 1. The standard InChI is InChI=1S/C13H21FN2O/c1-13(2,3)8-16(4)11-7-12(17-5)9(14)6-10(11)15/h6-7H,8,15H2,1-5H3. The molecular formula is C13H21FN2O. The molecule has 0 aliphatic rings. The summed E-state index contributed by atoms with van der Waals surface area (Å²) < 4.78 is 18.4. The Morgan fingerprint density at radius 1 is 1.35 bits per heavy atom. The fourth-order valence-electron chi connectivity index (χ4n) is 1.84. The molecule has 0 aliphatic heterocycles. The molecule has 0 aliphatic carbocycles. The van der Waals surface area contributed by atoms with Crippen molar-refractivity contribution in [1.82, 2.24) is 0 Å². The van der Waals surface area contributed by atoms with Crippen molar-refractivity contribution in [2.45, 2.75) is 20.8 Å². The third-order valence-corrected chi connectivity index (χ3v) is 2.42. The Hall–Kier alpha value is -1.45. The van der Waals surface area contributed by atoms with Crippen molar-refractivity contribution < 1.29 is 9.13 Å². The second kappa shape index (κ2) is 4.82. The fraction of sp³-hybridized carbons (Fsp3) is 0.538. The maximum atomic E-state index is 13.4. The minimum absolute atomic E-state index is 0.142. The number of methoxy groups -OCH3 is 1. The molecule has 1 rings (SSSR count). The molecule has 0 atom stereocenters. The summed E-state index contributed by atoms with van der Waals surface area (Å²) in [6, 6.07) is 2.93. The molecule has 0 fully saturated rings. The van der Waals surface area contributed by atoms with Crippen molar-refractivity contribution in [2.75, 3.05) is 31.3 Å². The van der Waals surface area contributed by atoms with E-state index in [1.54, 1.807) is 6.07 Å². The predicted octanol–water partition coefficient (Wildman–Crippen LogP) is 2.90. The Balaban J connectivity index is 3.05. The number of hydrogen-bond acceptors (Lipinski definition) is 3. The van der Waals surface area contributed by atoms with Crippen LogP contribution in [0.3, 0.4) is 0 Å². The molecule has 0 radical (unpaired) electrons. The molecule has 2 N–H and O–H groups in total. The average molecular weight is 240 g/mol. The van der Waals surface area contributed by atoms with Gasteiger partial charge < -0.3 is 15.4 Å². The second-order valence-electron chi connectivity index (χ2n) is 5.46. The van der Waals surface area contributed by atoms with Crippen LogP contribution in [0.5, 0.6) is 5.75 Å². The van der Waals surface area contributed by atoms with Crippen LogP contribution in [0.15, 0.2) is 12.1 Å². The van der Waals surface area contributed by atoms with E-state index in [0.29, 0.717) is 5.69 Å². The Bertz CT molecular complexity index is 399. The molecule has 96 valence electrons. The SMILES string of the molecule is COc1cc(N(C)CC(C)(C)C)c(N)cc1F. The lowest BCUT2D eigenvalue weighted by molar-refractivity contribution is 0.386. The van der Waals surface area contributed by atoms with Crippen LogP contribution in [0.25, 0.3) is 0 Å². The van der Waals surface area contributed by atoms with Crippen LogP contribution in [0.1, 0.15) is 20.8 Å². The zero-order valence-corrected chi connectivity index (χ0v) is 11.2. The lowest BCUT2D eigenvalue weighted by atomic mass is 9.96. The predicted molar refractivity (Wildman–Crippen MR) is 70.1 cm³/mol. The molecule has 1 aromatic carbocycles. The molecule has 4 heteroatoms. The summed E-state index contributed by atoms with van der Waals surface area (Å²) in [6.07, 6.45) is 0. The maximum Gasteiger partial charge on any atom is 0.167 e. The number of nitrogens with two attached hydrogens (primary N) is 1. The van der Waals surface area contributed by atoms with Gasteiger partial charge in [-0.05, 0) is 5.41 Å². The Morgan fingerprint density at radius 3 is 2.41 bits per heavy atom. The number of anilines is 2. The van der Waals surface area contributed by atoms with Crippen molar-refractivity contribution in [3.63, 3.8) is 0 Å². The van der Waals surface area contributed by atoms with E-state index in [9.17, 15) is 4.39 Å². The van der Waals surface area contributed by atoms with Gasteiger partial charge in [-0.3, -0.25) is 0 Å². The van der Waals surface area contributed by atoms with Crippen LogP contribution < -0.4 is 15.4 Å². The van der Waals surface area contributed by atoms with Gasteiger partial charge in [-0.15, -0.1) is 0 Å². The van der Waals surface area contributed by atoms with Gasteiger partial charge in [0.15, 0.2) is 11.6 Å². The molecule has 0 saturated carbocycles. The molecule has 0 saturated heterocycles. The lowest BCUT2D eigenvalue weighted by Gasteiger charge is -2.29. The van der Waals surface area contributed by atoms with Gasteiger partial charge in [-0.25, -0.2) is 4.39 Å². The highest BCUT2D eigenvalue weighted by Gasteiger charge is 2.17. The molecule has 17 heavy (non-hydrogen) atoms. The van der Waals surface area contributed by atoms with Gasteiger partial charge in [0.05, 0.1) is 18.5 Å². The van der Waals surface area contributed by atoms with Gasteiger partial charge in [-0.2, -0.15) is 0 Å². The van der Waals surface area contributed by atoms with Crippen LogP contribution in [-0.4, -0.2) is 20.7 Å². The van der Waals surface area contributed by atoms with Gasteiger partial charge in [0.2, 0.25) is 0 Å². The smallest absolute Gasteiger partial charge is 0.167 e. The molecule has 0 bridgehead atoms. The fourth-order valence-corrected chi connectivity index (χ4v) is 1.84. The summed E-state index contributed by atoms with van der Waals surface area (Å²) in [7, 11) is 3.39. The summed E-state index contributed by atoms with van der Waals surface area (Å²) in [4.78, 5) is 2.01. The van der Waals surface area contributed by atoms with Crippen molar-refractivity contribution >= 4 is 11.4 Å². The molecule has 0 heterocycles. The van der Waals surface area contributed by atoms with Crippen LogP contribution in [0.2, 0.25) is 0 Å². The lowest BCUT2D eigenvalue weighted by Crippen LogP contribution is -2.29. The van der Waals surface area contributed by atoms with Crippen molar-refractivity contribution in [3.8, 4) is 5.75 Å². The van der Waals surface area contributed by atoms with E-state index in [-0.39, 0.29) is 11.2 Å². The highest BCUT2D eigenvalue weighted by atomic mass is 19.1. The molecule has 0 amide bonds. The Morgan fingerprint density at radius 2 is 1.94 bits per heavy atom. The highest BCUT2D eigenvalue weighted by molar-refractivity contribution is 5.69. The molecule has 0 spiro atoms. The number of ether oxygens (including phenoxy) is 1. The molecule has 0 unspecified atom stereocenters. The molecule has 1 aromatic rings. The van der Waals surface area contributed by atoms with Crippen molar-refractivity contribution in [1.29, 1.82) is 0 Å².